The van der Waals surface area contributed by atoms with Gasteiger partial charge in [0.25, 0.3) is 5.79 Å². The van der Waals surface area contributed by atoms with E-state index in [4.69, 9.17) is 14.3 Å². The second kappa shape index (κ2) is 3.58. The molecule has 0 radical (unpaired) electrons. The molecule has 0 aromatic carbocycles. The summed E-state index contributed by atoms with van der Waals surface area (Å²) < 4.78 is 9.88. The molecular formula is C9H12O6. The lowest BCUT2D eigenvalue weighted by atomic mass is 10.0. The first-order valence-electron chi connectivity index (χ1n) is 4.50. The zero-order chi connectivity index (χ0) is 11.1. The van der Waals surface area contributed by atoms with Crippen LogP contribution in [-0.2, 0) is 10.5 Å². The fourth-order valence-corrected chi connectivity index (χ4v) is 1.64. The number of hydrogen-bond acceptors (Lipinski definition) is 6. The van der Waals surface area contributed by atoms with Crippen LogP contribution < -0.4 is 0 Å². The molecule has 84 valence electrons. The van der Waals surface area contributed by atoms with Gasteiger partial charge in [0.05, 0.1) is 12.9 Å². The minimum absolute atomic E-state index is 0.00926. The highest BCUT2D eigenvalue weighted by Gasteiger charge is 2.55. The summed E-state index contributed by atoms with van der Waals surface area (Å²) in [4.78, 5) is 0. The monoisotopic (exact) mass is 216 g/mol. The molecule has 15 heavy (non-hydrogen) atoms. The second-order valence-electron chi connectivity index (χ2n) is 3.45. The number of aliphatic hydroxyl groups excluding tert-OH is 3. The predicted molar refractivity (Wildman–Crippen MR) is 46.6 cm³/mol. The Balaban J connectivity index is 2.30. The van der Waals surface area contributed by atoms with E-state index in [-0.39, 0.29) is 5.76 Å². The van der Waals surface area contributed by atoms with Crippen LogP contribution in [0.4, 0.5) is 0 Å². The van der Waals surface area contributed by atoms with E-state index in [1.807, 2.05) is 0 Å². The van der Waals surface area contributed by atoms with E-state index >= 15 is 0 Å². The van der Waals surface area contributed by atoms with E-state index in [9.17, 15) is 15.3 Å². The van der Waals surface area contributed by atoms with Gasteiger partial charge in [-0.3, -0.25) is 0 Å². The molecule has 1 aromatic heterocycles. The fraction of sp³-hybridized carbons (Fsp3) is 0.556. The van der Waals surface area contributed by atoms with Crippen molar-refractivity contribution < 1.29 is 29.6 Å². The van der Waals surface area contributed by atoms with E-state index in [1.54, 1.807) is 0 Å². The number of hydrogen-bond donors (Lipinski definition) is 4. The third-order valence-corrected chi connectivity index (χ3v) is 2.49. The minimum Gasteiger partial charge on any atom is -0.464 e. The van der Waals surface area contributed by atoms with Crippen LogP contribution in [0.3, 0.4) is 0 Å². The Kier molecular flexibility index (Phi) is 2.53. The lowest BCUT2D eigenvalue weighted by molar-refractivity contribution is -0.249. The highest BCUT2D eigenvalue weighted by molar-refractivity contribution is 5.12. The Hall–Kier alpha value is -0.920. The molecule has 4 N–H and O–H groups in total. The van der Waals surface area contributed by atoms with Crippen molar-refractivity contribution in [3.05, 3.63) is 24.2 Å². The molecule has 1 saturated heterocycles. The Morgan fingerprint density at radius 3 is 2.60 bits per heavy atom. The van der Waals surface area contributed by atoms with Crippen LogP contribution in [0.25, 0.3) is 0 Å². The molecule has 2 rings (SSSR count). The van der Waals surface area contributed by atoms with Crippen molar-refractivity contribution in [3.8, 4) is 0 Å². The lowest BCUT2D eigenvalue weighted by Crippen LogP contribution is -2.40. The van der Waals surface area contributed by atoms with Gasteiger partial charge < -0.3 is 29.6 Å². The molecule has 0 amide bonds. The summed E-state index contributed by atoms with van der Waals surface area (Å²) in [6, 6.07) is 2.93. The molecule has 0 spiro atoms. The zero-order valence-electron chi connectivity index (χ0n) is 7.78. The molecule has 2 heterocycles. The first-order chi connectivity index (χ1) is 7.09. The summed E-state index contributed by atoms with van der Waals surface area (Å²) in [6.07, 6.45) is -2.64. The third-order valence-electron chi connectivity index (χ3n) is 2.49. The van der Waals surface area contributed by atoms with Gasteiger partial charge in [-0.05, 0) is 12.1 Å². The Morgan fingerprint density at radius 1 is 1.40 bits per heavy atom. The van der Waals surface area contributed by atoms with Crippen LogP contribution in [0, 0.1) is 0 Å². The first-order valence-corrected chi connectivity index (χ1v) is 4.50. The maximum absolute atomic E-state index is 9.95. The normalized spacial score (nSPS) is 40.9. The Morgan fingerprint density at radius 2 is 2.13 bits per heavy atom. The van der Waals surface area contributed by atoms with Gasteiger partial charge in [0.2, 0.25) is 0 Å². The molecule has 0 bridgehead atoms. The number of ether oxygens (including phenoxy) is 1. The molecule has 4 atom stereocenters. The standard InChI is InChI=1S/C9H12O6/c10-4-5-7(11)8(12)9(13,15-5)6-2-1-3-14-6/h1-3,5,7-8,10-13H,4H2/t5-,7-,8-,9+/m0/s1. The first kappa shape index (κ1) is 10.6. The van der Waals surface area contributed by atoms with Crippen molar-refractivity contribution in [3.63, 3.8) is 0 Å². The number of furan rings is 1. The maximum Gasteiger partial charge on any atom is 0.255 e. The topological polar surface area (TPSA) is 103 Å². The molecule has 1 fully saturated rings. The van der Waals surface area contributed by atoms with Crippen molar-refractivity contribution in [2.45, 2.75) is 24.1 Å². The lowest BCUT2D eigenvalue weighted by Gasteiger charge is -2.23. The highest BCUT2D eigenvalue weighted by atomic mass is 16.7. The molecule has 6 nitrogen and oxygen atoms in total. The van der Waals surface area contributed by atoms with Gasteiger partial charge in [0.1, 0.15) is 18.3 Å². The van der Waals surface area contributed by atoms with Gasteiger partial charge in [0, 0.05) is 0 Å². The smallest absolute Gasteiger partial charge is 0.255 e. The largest absolute Gasteiger partial charge is 0.464 e. The summed E-state index contributed by atoms with van der Waals surface area (Å²) >= 11 is 0. The van der Waals surface area contributed by atoms with Crippen LogP contribution in [0.2, 0.25) is 0 Å². The van der Waals surface area contributed by atoms with Crippen molar-refractivity contribution >= 4 is 0 Å². The van der Waals surface area contributed by atoms with Crippen LogP contribution in [-0.4, -0.2) is 45.3 Å². The molecule has 0 saturated carbocycles. The van der Waals surface area contributed by atoms with Crippen LogP contribution >= 0.6 is 0 Å². The number of rotatable bonds is 2. The molecule has 0 aliphatic carbocycles. The van der Waals surface area contributed by atoms with Crippen molar-refractivity contribution in [2.75, 3.05) is 6.61 Å². The highest BCUT2D eigenvalue weighted by Crippen LogP contribution is 2.37. The van der Waals surface area contributed by atoms with Gasteiger partial charge in [-0.1, -0.05) is 0 Å². The summed E-state index contributed by atoms with van der Waals surface area (Å²) in [5.41, 5.74) is 0. The van der Waals surface area contributed by atoms with E-state index in [0.717, 1.165) is 0 Å². The average Bonchev–Trinajstić information content (AvgIpc) is 2.82. The van der Waals surface area contributed by atoms with Gasteiger partial charge in [-0.25, -0.2) is 0 Å². The molecule has 1 aliphatic rings. The molecule has 1 aliphatic heterocycles. The second-order valence-corrected chi connectivity index (χ2v) is 3.45. The van der Waals surface area contributed by atoms with Crippen LogP contribution in [0.15, 0.2) is 22.8 Å². The Labute approximate surface area is 85.3 Å². The van der Waals surface area contributed by atoms with Crippen molar-refractivity contribution in [1.82, 2.24) is 0 Å². The van der Waals surface area contributed by atoms with Crippen LogP contribution in [0.1, 0.15) is 5.76 Å². The van der Waals surface area contributed by atoms with E-state index in [1.165, 1.54) is 18.4 Å². The molecule has 0 unspecified atom stereocenters. The van der Waals surface area contributed by atoms with E-state index < -0.39 is 30.7 Å². The van der Waals surface area contributed by atoms with Crippen molar-refractivity contribution in [2.24, 2.45) is 0 Å². The quantitative estimate of drug-likeness (QED) is 0.481. The predicted octanol–water partition coefficient (Wildman–Crippen LogP) is -1.46. The van der Waals surface area contributed by atoms with Crippen LogP contribution in [0.5, 0.6) is 0 Å². The van der Waals surface area contributed by atoms with Gasteiger partial charge in [-0.2, -0.15) is 0 Å². The van der Waals surface area contributed by atoms with Crippen molar-refractivity contribution in [1.29, 1.82) is 0 Å². The number of aliphatic hydroxyl groups is 4. The fourth-order valence-electron chi connectivity index (χ4n) is 1.64. The summed E-state index contributed by atoms with van der Waals surface area (Å²) in [5.74, 6) is -2.11. The zero-order valence-corrected chi connectivity index (χ0v) is 7.78. The maximum atomic E-state index is 9.95. The van der Waals surface area contributed by atoms with Gasteiger partial charge in [0.15, 0.2) is 5.76 Å². The Bertz CT molecular complexity index is 323. The SMILES string of the molecule is OC[C@@H]1O[C@](O)(c2ccco2)[C@@H](O)[C@H]1O. The summed E-state index contributed by atoms with van der Waals surface area (Å²) in [7, 11) is 0. The molecule has 6 heteroatoms. The average molecular weight is 216 g/mol. The summed E-state index contributed by atoms with van der Waals surface area (Å²) in [5, 5.41) is 37.9. The molecule has 1 aromatic rings. The van der Waals surface area contributed by atoms with Gasteiger partial charge in [-0.15, -0.1) is 0 Å². The van der Waals surface area contributed by atoms with E-state index in [2.05, 4.69) is 0 Å². The minimum atomic E-state index is -2.10. The van der Waals surface area contributed by atoms with Gasteiger partial charge >= 0.3 is 0 Å². The summed E-state index contributed by atoms with van der Waals surface area (Å²) in [6.45, 7) is -0.499. The third kappa shape index (κ3) is 1.47. The molecular weight excluding hydrogens is 204 g/mol. The van der Waals surface area contributed by atoms with E-state index in [0.29, 0.717) is 0 Å².